The number of hydrogen-bond acceptors (Lipinski definition) is 6. The number of methoxy groups -OCH3 is 1. The lowest BCUT2D eigenvalue weighted by molar-refractivity contribution is -0.121. The van der Waals surface area contributed by atoms with E-state index in [1.807, 2.05) is 30.1 Å². The molecule has 7 nitrogen and oxygen atoms in total. The van der Waals surface area contributed by atoms with Gasteiger partial charge in [0.2, 0.25) is 5.91 Å². The lowest BCUT2D eigenvalue weighted by atomic mass is 9.98. The maximum atomic E-state index is 12.8. The fourth-order valence-electron chi connectivity index (χ4n) is 4.27. The van der Waals surface area contributed by atoms with Crippen molar-refractivity contribution in [2.24, 2.45) is 10.1 Å². The van der Waals surface area contributed by atoms with Gasteiger partial charge in [-0.1, -0.05) is 83.5 Å². The first kappa shape index (κ1) is 25.0. The molecule has 2 aliphatic rings. The summed E-state index contributed by atoms with van der Waals surface area (Å²) in [5.41, 5.74) is 4.77. The minimum absolute atomic E-state index is 0.0154. The molecular formula is C28H25ClN4O3S. The summed E-state index contributed by atoms with van der Waals surface area (Å²) in [4.78, 5) is 29.8. The van der Waals surface area contributed by atoms with Gasteiger partial charge in [0.1, 0.15) is 11.0 Å². The van der Waals surface area contributed by atoms with Gasteiger partial charge in [-0.3, -0.25) is 9.59 Å². The van der Waals surface area contributed by atoms with Crippen molar-refractivity contribution in [3.05, 3.63) is 94.5 Å². The van der Waals surface area contributed by atoms with E-state index in [0.717, 1.165) is 16.8 Å². The van der Waals surface area contributed by atoms with Crippen LogP contribution < -0.4 is 10.1 Å². The average molecular weight is 533 g/mol. The molecule has 0 bridgehead atoms. The summed E-state index contributed by atoms with van der Waals surface area (Å²) in [6.45, 7) is 2.05. The smallest absolute Gasteiger partial charge is 0.262 e. The third kappa shape index (κ3) is 5.55. The molecule has 5 rings (SSSR count). The summed E-state index contributed by atoms with van der Waals surface area (Å²) in [5.74, 6) is -0.120. The van der Waals surface area contributed by atoms with Crippen LogP contribution >= 0.6 is 23.4 Å². The molecule has 0 radical (unpaired) electrons. The van der Waals surface area contributed by atoms with Crippen LogP contribution in [0.15, 0.2) is 82.9 Å². The van der Waals surface area contributed by atoms with Gasteiger partial charge in [-0.25, -0.2) is 5.01 Å². The minimum atomic E-state index is -0.626. The number of nitrogens with one attached hydrogen (secondary N) is 1. The number of amides is 2. The molecule has 3 aromatic carbocycles. The summed E-state index contributed by atoms with van der Waals surface area (Å²) in [6, 6.07) is 23.2. The Balaban J connectivity index is 1.32. The molecule has 0 aromatic heterocycles. The quantitative estimate of drug-likeness (QED) is 0.431. The van der Waals surface area contributed by atoms with E-state index in [1.54, 1.807) is 18.2 Å². The predicted molar refractivity (Wildman–Crippen MR) is 148 cm³/mol. The number of amidine groups is 1. The highest BCUT2D eigenvalue weighted by molar-refractivity contribution is 8.15. The van der Waals surface area contributed by atoms with Crippen LogP contribution in [0.5, 0.6) is 5.75 Å². The Bertz CT molecular complexity index is 1390. The molecule has 2 unspecified atom stereocenters. The number of thioether (sulfide) groups is 1. The number of rotatable bonds is 6. The van der Waals surface area contributed by atoms with Gasteiger partial charge in [0.15, 0.2) is 5.17 Å². The molecule has 37 heavy (non-hydrogen) atoms. The number of hydrogen-bond donors (Lipinski definition) is 1. The van der Waals surface area contributed by atoms with Crippen molar-refractivity contribution >= 4 is 51.7 Å². The van der Waals surface area contributed by atoms with Crippen molar-refractivity contribution in [3.8, 4) is 5.75 Å². The number of hydrazone groups is 1. The van der Waals surface area contributed by atoms with Crippen LogP contribution in [0, 0.1) is 6.92 Å². The number of anilines is 1. The molecule has 0 aliphatic carbocycles. The Kier molecular flexibility index (Phi) is 7.30. The molecule has 0 spiro atoms. The van der Waals surface area contributed by atoms with Gasteiger partial charge in [0.05, 0.1) is 23.9 Å². The van der Waals surface area contributed by atoms with E-state index in [1.165, 1.54) is 24.4 Å². The second kappa shape index (κ2) is 10.8. The third-order valence-corrected chi connectivity index (χ3v) is 7.65. The summed E-state index contributed by atoms with van der Waals surface area (Å²) in [5, 5.41) is 9.78. The summed E-state index contributed by atoms with van der Waals surface area (Å²) in [6.07, 6.45) is 0.669. The number of aliphatic imine (C=N–C) groups is 1. The fourth-order valence-corrected chi connectivity index (χ4v) is 5.59. The first-order valence-electron chi connectivity index (χ1n) is 11.8. The minimum Gasteiger partial charge on any atom is -0.495 e. The Morgan fingerprint density at radius 1 is 1.14 bits per heavy atom. The monoisotopic (exact) mass is 532 g/mol. The van der Waals surface area contributed by atoms with Crippen LogP contribution in [0.25, 0.3) is 0 Å². The predicted octanol–water partition coefficient (Wildman–Crippen LogP) is 5.83. The molecule has 0 saturated heterocycles. The molecule has 1 N–H and O–H groups in total. The van der Waals surface area contributed by atoms with E-state index in [-0.39, 0.29) is 24.3 Å². The van der Waals surface area contributed by atoms with Gasteiger partial charge in [0, 0.05) is 18.5 Å². The van der Waals surface area contributed by atoms with E-state index in [9.17, 15) is 9.59 Å². The van der Waals surface area contributed by atoms with Crippen LogP contribution in [-0.2, 0) is 9.59 Å². The lowest BCUT2D eigenvalue weighted by Gasteiger charge is -2.23. The maximum Gasteiger partial charge on any atom is 0.262 e. The van der Waals surface area contributed by atoms with Gasteiger partial charge in [-0.2, -0.15) is 10.1 Å². The zero-order valence-corrected chi connectivity index (χ0v) is 21.9. The van der Waals surface area contributed by atoms with E-state index in [0.29, 0.717) is 28.0 Å². The summed E-state index contributed by atoms with van der Waals surface area (Å²) >= 11 is 7.43. The summed E-state index contributed by atoms with van der Waals surface area (Å²) < 4.78 is 5.15. The van der Waals surface area contributed by atoms with Gasteiger partial charge >= 0.3 is 0 Å². The highest BCUT2D eigenvalue weighted by atomic mass is 35.5. The van der Waals surface area contributed by atoms with Gasteiger partial charge in [0.25, 0.3) is 5.91 Å². The number of carbonyl (C=O) groups is 2. The molecular weight excluding hydrogens is 508 g/mol. The zero-order valence-electron chi connectivity index (χ0n) is 20.3. The van der Waals surface area contributed by atoms with Crippen molar-refractivity contribution in [2.45, 2.75) is 31.1 Å². The van der Waals surface area contributed by atoms with E-state index in [2.05, 4.69) is 46.7 Å². The van der Waals surface area contributed by atoms with Crippen molar-refractivity contribution < 1.29 is 14.3 Å². The van der Waals surface area contributed by atoms with Crippen molar-refractivity contribution in [3.63, 3.8) is 0 Å². The number of ether oxygens (including phenoxy) is 1. The van der Waals surface area contributed by atoms with Gasteiger partial charge in [-0.05, 0) is 36.2 Å². The van der Waals surface area contributed by atoms with Crippen molar-refractivity contribution in [1.82, 2.24) is 5.01 Å². The van der Waals surface area contributed by atoms with Crippen molar-refractivity contribution in [1.29, 1.82) is 0 Å². The lowest BCUT2D eigenvalue weighted by Crippen LogP contribution is -2.25. The first-order chi connectivity index (χ1) is 17.9. The molecule has 3 aromatic rings. The Labute approximate surface area is 224 Å². The largest absolute Gasteiger partial charge is 0.495 e. The van der Waals surface area contributed by atoms with Crippen LogP contribution in [0.3, 0.4) is 0 Å². The summed E-state index contributed by atoms with van der Waals surface area (Å²) in [7, 11) is 1.52. The zero-order chi connectivity index (χ0) is 25.9. The molecule has 2 heterocycles. The average Bonchev–Trinajstić information content (AvgIpc) is 3.49. The number of benzene rings is 3. The first-order valence-corrected chi connectivity index (χ1v) is 13.1. The second-order valence-electron chi connectivity index (χ2n) is 8.83. The Morgan fingerprint density at radius 2 is 1.89 bits per heavy atom. The molecule has 2 atom stereocenters. The fraction of sp³-hybridized carbons (Fsp3) is 0.214. The van der Waals surface area contributed by atoms with Crippen LogP contribution in [0.1, 0.15) is 35.6 Å². The Hall–Kier alpha value is -3.62. The van der Waals surface area contributed by atoms with E-state index < -0.39 is 5.25 Å². The highest BCUT2D eigenvalue weighted by Crippen LogP contribution is 2.38. The van der Waals surface area contributed by atoms with E-state index in [4.69, 9.17) is 21.4 Å². The van der Waals surface area contributed by atoms with Crippen LogP contribution in [0.2, 0.25) is 5.02 Å². The third-order valence-electron chi connectivity index (χ3n) is 6.21. The standard InChI is InChI=1S/C28H25ClN4O3S/c1-17-8-10-18(11-9-17)22-15-23(19-6-4-3-5-7-19)33(32-22)28-31-27(35)25(37-28)16-26(34)30-20-12-13-24(36-2)21(29)14-20/h3-14,23,25H,15-16H2,1-2H3,(H,30,34). The van der Waals surface area contributed by atoms with Gasteiger partial charge < -0.3 is 10.1 Å². The van der Waals surface area contributed by atoms with Crippen molar-refractivity contribution in [2.75, 3.05) is 12.4 Å². The maximum absolute atomic E-state index is 12.8. The number of halogens is 1. The van der Waals surface area contributed by atoms with Crippen LogP contribution in [-0.4, -0.2) is 40.1 Å². The normalized spacial score (nSPS) is 19.0. The Morgan fingerprint density at radius 3 is 2.59 bits per heavy atom. The highest BCUT2D eigenvalue weighted by Gasteiger charge is 2.39. The molecule has 188 valence electrons. The molecule has 2 amide bonds. The molecule has 0 fully saturated rings. The molecule has 0 saturated carbocycles. The SMILES string of the molecule is COc1ccc(NC(=O)CC2SC(N3N=C(c4ccc(C)cc4)CC3c3ccccc3)=NC2=O)cc1Cl. The number of aryl methyl sites for hydroxylation is 1. The molecule has 9 heteroatoms. The number of nitrogens with zero attached hydrogens (tertiary/aromatic N) is 3. The second-order valence-corrected chi connectivity index (χ2v) is 10.4. The number of carbonyl (C=O) groups excluding carboxylic acids is 2. The topological polar surface area (TPSA) is 83.4 Å². The van der Waals surface area contributed by atoms with Gasteiger partial charge in [-0.15, -0.1) is 0 Å². The van der Waals surface area contributed by atoms with Crippen LogP contribution in [0.4, 0.5) is 5.69 Å². The molecule has 2 aliphatic heterocycles. The van der Waals surface area contributed by atoms with E-state index >= 15 is 0 Å².